The molecule has 2 atom stereocenters. The Hall–Kier alpha value is -4.39. The summed E-state index contributed by atoms with van der Waals surface area (Å²) in [6.07, 6.45) is -0.775. The highest BCUT2D eigenvalue weighted by molar-refractivity contribution is 5.91. The van der Waals surface area contributed by atoms with Crippen LogP contribution >= 0.6 is 0 Å². The van der Waals surface area contributed by atoms with Crippen molar-refractivity contribution in [1.82, 2.24) is 0 Å². The molecule has 3 aromatic rings. The van der Waals surface area contributed by atoms with Crippen LogP contribution in [-0.2, 0) is 18.9 Å². The molecular weight excluding hydrogens is 424 g/mol. The standard InChI is InChI=1S/C26H20O7/c27-24(18-10-4-1-5-11-18)31-16-21-23(33-26(29)20-14-8-3-9-15-20)22(17-30-21)32-25(28)19-12-6-2-7-13-19/h1-15,17,21,23H,16H2/t21-,23+/m1/s1. The van der Waals surface area contributed by atoms with Gasteiger partial charge in [0.15, 0.2) is 11.9 Å². The zero-order chi connectivity index (χ0) is 23.0. The topological polar surface area (TPSA) is 88.1 Å². The molecule has 0 saturated carbocycles. The van der Waals surface area contributed by atoms with Gasteiger partial charge in [0.2, 0.25) is 6.10 Å². The van der Waals surface area contributed by atoms with Gasteiger partial charge in [0.1, 0.15) is 12.9 Å². The molecule has 0 saturated heterocycles. The summed E-state index contributed by atoms with van der Waals surface area (Å²) in [5.41, 5.74) is 1.01. The molecule has 4 rings (SSSR count). The first-order chi connectivity index (χ1) is 16.1. The van der Waals surface area contributed by atoms with Crippen LogP contribution in [0.3, 0.4) is 0 Å². The number of hydrogen-bond acceptors (Lipinski definition) is 7. The van der Waals surface area contributed by atoms with E-state index >= 15 is 0 Å². The molecule has 0 aromatic heterocycles. The van der Waals surface area contributed by atoms with Crippen molar-refractivity contribution in [3.8, 4) is 0 Å². The van der Waals surface area contributed by atoms with E-state index in [0.29, 0.717) is 16.7 Å². The van der Waals surface area contributed by atoms with Crippen molar-refractivity contribution >= 4 is 17.9 Å². The lowest BCUT2D eigenvalue weighted by Gasteiger charge is -2.21. The maximum absolute atomic E-state index is 12.7. The van der Waals surface area contributed by atoms with Crippen LogP contribution in [0.5, 0.6) is 0 Å². The molecule has 7 heteroatoms. The van der Waals surface area contributed by atoms with Crippen molar-refractivity contribution in [2.24, 2.45) is 0 Å². The smallest absolute Gasteiger partial charge is 0.343 e. The van der Waals surface area contributed by atoms with E-state index in [-0.39, 0.29) is 12.4 Å². The molecule has 166 valence electrons. The van der Waals surface area contributed by atoms with Crippen LogP contribution in [-0.4, -0.2) is 36.7 Å². The van der Waals surface area contributed by atoms with Crippen LogP contribution in [0.15, 0.2) is 103 Å². The lowest BCUT2D eigenvalue weighted by molar-refractivity contribution is -0.0286. The Bertz CT molecular complexity index is 1140. The molecule has 0 N–H and O–H groups in total. The van der Waals surface area contributed by atoms with Gasteiger partial charge in [0.05, 0.1) is 16.7 Å². The Morgan fingerprint density at radius 2 is 1.15 bits per heavy atom. The first kappa shape index (κ1) is 21.8. The zero-order valence-corrected chi connectivity index (χ0v) is 17.5. The van der Waals surface area contributed by atoms with Gasteiger partial charge in [-0.15, -0.1) is 0 Å². The third-order valence-corrected chi connectivity index (χ3v) is 4.83. The first-order valence-electron chi connectivity index (χ1n) is 10.2. The van der Waals surface area contributed by atoms with Crippen molar-refractivity contribution < 1.29 is 33.3 Å². The van der Waals surface area contributed by atoms with E-state index in [1.54, 1.807) is 91.0 Å². The SMILES string of the molecule is O=C(OC[C@H]1OC=C(OC(=O)c2ccccc2)[C@H]1OC(=O)c1ccccc1)c1ccccc1. The van der Waals surface area contributed by atoms with E-state index < -0.39 is 30.1 Å². The summed E-state index contributed by atoms with van der Waals surface area (Å²) in [5.74, 6) is -1.81. The summed E-state index contributed by atoms with van der Waals surface area (Å²) < 4.78 is 21.9. The second-order valence-electron chi connectivity index (χ2n) is 7.11. The summed E-state index contributed by atoms with van der Waals surface area (Å²) in [6, 6.07) is 25.2. The molecule has 1 aliphatic heterocycles. The summed E-state index contributed by atoms with van der Waals surface area (Å²) in [4.78, 5) is 37.5. The monoisotopic (exact) mass is 444 g/mol. The third-order valence-electron chi connectivity index (χ3n) is 4.83. The number of carbonyl (C=O) groups excluding carboxylic acids is 3. The van der Waals surface area contributed by atoms with Crippen molar-refractivity contribution in [3.05, 3.63) is 120 Å². The molecule has 3 aromatic carbocycles. The van der Waals surface area contributed by atoms with E-state index in [4.69, 9.17) is 18.9 Å². The van der Waals surface area contributed by atoms with Gasteiger partial charge in [-0.25, -0.2) is 14.4 Å². The normalized spacial score (nSPS) is 16.8. The van der Waals surface area contributed by atoms with E-state index in [0.717, 1.165) is 0 Å². The maximum atomic E-state index is 12.7. The van der Waals surface area contributed by atoms with Crippen LogP contribution in [0.4, 0.5) is 0 Å². The Labute approximate surface area is 190 Å². The van der Waals surface area contributed by atoms with Crippen LogP contribution in [0.1, 0.15) is 31.1 Å². The van der Waals surface area contributed by atoms with E-state index in [1.165, 1.54) is 6.26 Å². The lowest BCUT2D eigenvalue weighted by atomic mass is 10.2. The Morgan fingerprint density at radius 3 is 1.70 bits per heavy atom. The predicted octanol–water partition coefficient (Wildman–Crippen LogP) is 4.17. The maximum Gasteiger partial charge on any atom is 0.343 e. The molecule has 0 radical (unpaired) electrons. The van der Waals surface area contributed by atoms with Crippen molar-refractivity contribution in [2.45, 2.75) is 12.2 Å². The average molecular weight is 444 g/mol. The van der Waals surface area contributed by atoms with Gasteiger partial charge in [0, 0.05) is 0 Å². The quantitative estimate of drug-likeness (QED) is 0.399. The predicted molar refractivity (Wildman–Crippen MR) is 117 cm³/mol. The summed E-state index contributed by atoms with van der Waals surface area (Å²) in [6.45, 7) is -0.219. The van der Waals surface area contributed by atoms with Gasteiger partial charge >= 0.3 is 17.9 Å². The molecule has 7 nitrogen and oxygen atoms in total. The largest absolute Gasteiger partial charge is 0.486 e. The van der Waals surface area contributed by atoms with Gasteiger partial charge in [0.25, 0.3) is 0 Å². The second-order valence-corrected chi connectivity index (χ2v) is 7.11. The Morgan fingerprint density at radius 1 is 0.667 bits per heavy atom. The van der Waals surface area contributed by atoms with Gasteiger partial charge in [-0.05, 0) is 36.4 Å². The second kappa shape index (κ2) is 10.3. The first-order valence-corrected chi connectivity index (χ1v) is 10.2. The van der Waals surface area contributed by atoms with Gasteiger partial charge in [-0.3, -0.25) is 0 Å². The van der Waals surface area contributed by atoms with Crippen LogP contribution in [0, 0.1) is 0 Å². The molecule has 33 heavy (non-hydrogen) atoms. The van der Waals surface area contributed by atoms with E-state index in [2.05, 4.69) is 0 Å². The molecule has 0 bridgehead atoms. The number of hydrogen-bond donors (Lipinski definition) is 0. The van der Waals surface area contributed by atoms with Gasteiger partial charge in [-0.2, -0.15) is 0 Å². The Balaban J connectivity index is 1.47. The summed E-state index contributed by atoms with van der Waals surface area (Å²) >= 11 is 0. The minimum Gasteiger partial charge on any atom is -0.486 e. The summed E-state index contributed by atoms with van der Waals surface area (Å²) in [7, 11) is 0. The Kier molecular flexibility index (Phi) is 6.80. The zero-order valence-electron chi connectivity index (χ0n) is 17.5. The highest BCUT2D eigenvalue weighted by Gasteiger charge is 2.39. The van der Waals surface area contributed by atoms with Crippen LogP contribution < -0.4 is 0 Å². The molecule has 1 heterocycles. The molecule has 0 spiro atoms. The highest BCUT2D eigenvalue weighted by Crippen LogP contribution is 2.26. The number of esters is 3. The number of benzene rings is 3. The van der Waals surface area contributed by atoms with E-state index in [9.17, 15) is 14.4 Å². The molecule has 0 aliphatic carbocycles. The fraction of sp³-hybridized carbons (Fsp3) is 0.115. The fourth-order valence-corrected chi connectivity index (χ4v) is 3.13. The number of ether oxygens (including phenoxy) is 4. The minimum atomic E-state index is -1.09. The molecule has 0 unspecified atom stereocenters. The van der Waals surface area contributed by atoms with Gasteiger partial charge in [-0.1, -0.05) is 54.6 Å². The number of carbonyl (C=O) groups is 3. The molecular formula is C26H20O7. The average Bonchev–Trinajstić information content (AvgIpc) is 3.24. The van der Waals surface area contributed by atoms with Crippen LogP contribution in [0.2, 0.25) is 0 Å². The van der Waals surface area contributed by atoms with E-state index in [1.807, 2.05) is 0 Å². The van der Waals surface area contributed by atoms with Crippen molar-refractivity contribution in [2.75, 3.05) is 6.61 Å². The minimum absolute atomic E-state index is 0.00824. The van der Waals surface area contributed by atoms with Crippen LogP contribution in [0.25, 0.3) is 0 Å². The number of rotatable bonds is 7. The van der Waals surface area contributed by atoms with Gasteiger partial charge < -0.3 is 18.9 Å². The highest BCUT2D eigenvalue weighted by atomic mass is 16.6. The summed E-state index contributed by atoms with van der Waals surface area (Å²) in [5, 5.41) is 0. The lowest BCUT2D eigenvalue weighted by Crippen LogP contribution is -2.35. The molecule has 0 fully saturated rings. The van der Waals surface area contributed by atoms with Crippen molar-refractivity contribution in [1.29, 1.82) is 0 Å². The third kappa shape index (κ3) is 5.46. The molecule has 1 aliphatic rings. The fourth-order valence-electron chi connectivity index (χ4n) is 3.13. The van der Waals surface area contributed by atoms with Crippen molar-refractivity contribution in [3.63, 3.8) is 0 Å². The molecule has 0 amide bonds.